The average molecular weight is 334 g/mol. The van der Waals surface area contributed by atoms with E-state index in [1.807, 2.05) is 26.0 Å². The number of fused-ring (bicyclic) bond motifs is 1. The molecule has 0 aromatic heterocycles. The van der Waals surface area contributed by atoms with E-state index in [9.17, 15) is 18.0 Å². The predicted octanol–water partition coefficient (Wildman–Crippen LogP) is 3.98. The maximum Gasteiger partial charge on any atom is 0.261 e. The molecule has 1 heterocycles. The van der Waals surface area contributed by atoms with Crippen molar-refractivity contribution in [1.82, 2.24) is 0 Å². The van der Waals surface area contributed by atoms with Gasteiger partial charge in [0.05, 0.1) is 16.9 Å². The predicted molar refractivity (Wildman–Crippen MR) is 86.9 cm³/mol. The van der Waals surface area contributed by atoms with Crippen molar-refractivity contribution in [3.05, 3.63) is 59.4 Å². The van der Waals surface area contributed by atoms with E-state index >= 15 is 0 Å². The Kier molecular flexibility index (Phi) is 4.22. The number of halogens is 3. The van der Waals surface area contributed by atoms with Gasteiger partial charge in [0.2, 0.25) is 0 Å². The Balaban J connectivity index is 2.07. The lowest BCUT2D eigenvalue weighted by atomic mass is 10.1. The summed E-state index contributed by atoms with van der Waals surface area (Å²) in [4.78, 5) is 16.3. The van der Waals surface area contributed by atoms with Crippen LogP contribution in [0.25, 0.3) is 0 Å². The molecule has 3 nitrogen and oxygen atoms in total. The maximum atomic E-state index is 14.0. The summed E-state index contributed by atoms with van der Waals surface area (Å²) in [6.07, 6.45) is 0. The molecule has 0 radical (unpaired) electrons. The molecule has 0 saturated heterocycles. The molecule has 0 fully saturated rings. The van der Waals surface area contributed by atoms with Crippen molar-refractivity contribution < 1.29 is 18.0 Å². The van der Waals surface area contributed by atoms with Crippen LogP contribution < -0.4 is 9.80 Å². The number of nitrogens with zero attached hydrogens (tertiary/aromatic N) is 2. The number of rotatable bonds is 2. The molecular formula is C18H17F3N2O. The second-order valence-electron chi connectivity index (χ2n) is 5.76. The molecule has 24 heavy (non-hydrogen) atoms. The third-order valence-electron chi connectivity index (χ3n) is 4.31. The molecule has 1 atom stereocenters. The molecule has 1 amide bonds. The topological polar surface area (TPSA) is 23.6 Å². The summed E-state index contributed by atoms with van der Waals surface area (Å²) in [6.45, 7) is 5.07. The van der Waals surface area contributed by atoms with Gasteiger partial charge in [-0.3, -0.25) is 4.79 Å². The Labute approximate surface area is 138 Å². The van der Waals surface area contributed by atoms with E-state index < -0.39 is 28.9 Å². The average Bonchev–Trinajstić information content (AvgIpc) is 2.58. The number of amides is 1. The molecule has 0 saturated carbocycles. The summed E-state index contributed by atoms with van der Waals surface area (Å²) in [5.41, 5.74) is 1.02. The number of anilines is 2. The fourth-order valence-electron chi connectivity index (χ4n) is 3.14. The van der Waals surface area contributed by atoms with E-state index in [4.69, 9.17) is 0 Å². The molecule has 0 bridgehead atoms. The van der Waals surface area contributed by atoms with Gasteiger partial charge in [0.25, 0.3) is 5.91 Å². The van der Waals surface area contributed by atoms with Crippen LogP contribution in [0.15, 0.2) is 36.4 Å². The van der Waals surface area contributed by atoms with Gasteiger partial charge in [0, 0.05) is 19.1 Å². The van der Waals surface area contributed by atoms with Crippen molar-refractivity contribution in [2.45, 2.75) is 19.9 Å². The molecule has 2 aromatic rings. The number of carbonyl (C=O) groups excluding carboxylic acids is 1. The fraction of sp³-hybridized carbons (Fsp3) is 0.278. The smallest absolute Gasteiger partial charge is 0.261 e. The van der Waals surface area contributed by atoms with Crippen LogP contribution in [-0.2, 0) is 0 Å². The summed E-state index contributed by atoms with van der Waals surface area (Å²) in [5, 5.41) is 0. The highest BCUT2D eigenvalue weighted by atomic mass is 19.2. The largest absolute Gasteiger partial charge is 0.366 e. The third kappa shape index (κ3) is 2.52. The lowest BCUT2D eigenvalue weighted by Gasteiger charge is -2.42. The number of hydrogen-bond acceptors (Lipinski definition) is 2. The Bertz CT molecular complexity index is 794. The van der Waals surface area contributed by atoms with Crippen LogP contribution in [0.1, 0.15) is 24.2 Å². The van der Waals surface area contributed by atoms with Crippen molar-refractivity contribution in [2.75, 3.05) is 22.9 Å². The van der Waals surface area contributed by atoms with Gasteiger partial charge in [0.15, 0.2) is 17.5 Å². The maximum absolute atomic E-state index is 14.0. The van der Waals surface area contributed by atoms with Crippen LogP contribution in [0.4, 0.5) is 24.5 Å². The third-order valence-corrected chi connectivity index (χ3v) is 4.31. The number of hydrogen-bond donors (Lipinski definition) is 0. The summed E-state index contributed by atoms with van der Waals surface area (Å²) < 4.78 is 40.6. The Morgan fingerprint density at radius 3 is 2.42 bits per heavy atom. The van der Waals surface area contributed by atoms with Gasteiger partial charge in [-0.15, -0.1) is 0 Å². The summed E-state index contributed by atoms with van der Waals surface area (Å²) in [5.74, 6) is -5.08. The Morgan fingerprint density at radius 2 is 1.75 bits per heavy atom. The van der Waals surface area contributed by atoms with Gasteiger partial charge >= 0.3 is 0 Å². The first-order valence-corrected chi connectivity index (χ1v) is 7.76. The van der Waals surface area contributed by atoms with Crippen molar-refractivity contribution in [3.8, 4) is 0 Å². The minimum Gasteiger partial charge on any atom is -0.366 e. The van der Waals surface area contributed by atoms with Crippen LogP contribution in [0.5, 0.6) is 0 Å². The summed E-state index contributed by atoms with van der Waals surface area (Å²) >= 11 is 0. The lowest BCUT2D eigenvalue weighted by molar-refractivity contribution is 0.0979. The second-order valence-corrected chi connectivity index (χ2v) is 5.76. The molecule has 1 unspecified atom stereocenters. The first kappa shape index (κ1) is 16.4. The standard InChI is InChI=1S/C18H17F3N2O/c1-3-22-11(2)10-23(15-7-5-4-6-14(15)22)18(24)12-8-9-13(19)17(21)16(12)20/h4-9,11H,3,10H2,1-2H3. The van der Waals surface area contributed by atoms with Gasteiger partial charge in [-0.25, -0.2) is 13.2 Å². The summed E-state index contributed by atoms with van der Waals surface area (Å²) in [6, 6.07) is 9.06. The number of likely N-dealkylation sites (N-methyl/N-ethyl adjacent to an activating group) is 1. The molecule has 0 N–H and O–H groups in total. The minimum absolute atomic E-state index is 0.0159. The van der Waals surface area contributed by atoms with Crippen molar-refractivity contribution in [3.63, 3.8) is 0 Å². The van der Waals surface area contributed by atoms with Gasteiger partial charge in [0.1, 0.15) is 0 Å². The van der Waals surface area contributed by atoms with Crippen molar-refractivity contribution >= 4 is 17.3 Å². The number of benzene rings is 2. The normalized spacial score (nSPS) is 17.0. The molecule has 0 spiro atoms. The van der Waals surface area contributed by atoms with Gasteiger partial charge < -0.3 is 9.80 Å². The molecule has 126 valence electrons. The molecule has 1 aliphatic heterocycles. The highest BCUT2D eigenvalue weighted by Crippen LogP contribution is 2.36. The van der Waals surface area contributed by atoms with E-state index in [0.717, 1.165) is 24.4 Å². The lowest BCUT2D eigenvalue weighted by Crippen LogP contribution is -2.49. The zero-order chi connectivity index (χ0) is 17.4. The van der Waals surface area contributed by atoms with Crippen molar-refractivity contribution in [1.29, 1.82) is 0 Å². The minimum atomic E-state index is -1.63. The molecule has 2 aromatic carbocycles. The number of para-hydroxylation sites is 2. The van der Waals surface area contributed by atoms with E-state index in [1.54, 1.807) is 12.1 Å². The van der Waals surface area contributed by atoms with Crippen LogP contribution in [0.2, 0.25) is 0 Å². The van der Waals surface area contributed by atoms with Gasteiger partial charge in [-0.1, -0.05) is 12.1 Å². The van der Waals surface area contributed by atoms with Crippen LogP contribution >= 0.6 is 0 Å². The van der Waals surface area contributed by atoms with E-state index in [2.05, 4.69) is 4.90 Å². The quantitative estimate of drug-likeness (QED) is 0.776. The highest BCUT2D eigenvalue weighted by Gasteiger charge is 2.32. The SMILES string of the molecule is CCN1c2ccccc2N(C(=O)c2ccc(F)c(F)c2F)CC1C. The zero-order valence-corrected chi connectivity index (χ0v) is 13.4. The van der Waals surface area contributed by atoms with Crippen LogP contribution in [0.3, 0.4) is 0 Å². The molecule has 6 heteroatoms. The van der Waals surface area contributed by atoms with Gasteiger partial charge in [-0.05, 0) is 38.1 Å². The van der Waals surface area contributed by atoms with Gasteiger partial charge in [-0.2, -0.15) is 0 Å². The molecule has 0 aliphatic carbocycles. The highest BCUT2D eigenvalue weighted by molar-refractivity contribution is 6.08. The second kappa shape index (κ2) is 6.19. The Hall–Kier alpha value is -2.50. The molecule has 3 rings (SSSR count). The van der Waals surface area contributed by atoms with E-state index in [-0.39, 0.29) is 6.04 Å². The first-order chi connectivity index (χ1) is 11.5. The fourth-order valence-corrected chi connectivity index (χ4v) is 3.14. The zero-order valence-electron chi connectivity index (χ0n) is 13.4. The van der Waals surface area contributed by atoms with Crippen LogP contribution in [0, 0.1) is 17.5 Å². The van der Waals surface area contributed by atoms with E-state index in [0.29, 0.717) is 12.2 Å². The Morgan fingerprint density at radius 1 is 1.08 bits per heavy atom. The monoisotopic (exact) mass is 334 g/mol. The molecular weight excluding hydrogens is 317 g/mol. The number of carbonyl (C=O) groups is 1. The summed E-state index contributed by atoms with van der Waals surface area (Å²) in [7, 11) is 0. The van der Waals surface area contributed by atoms with Crippen LogP contribution in [-0.4, -0.2) is 25.0 Å². The van der Waals surface area contributed by atoms with E-state index in [1.165, 1.54) is 4.90 Å². The first-order valence-electron chi connectivity index (χ1n) is 7.76. The van der Waals surface area contributed by atoms with Crippen molar-refractivity contribution in [2.24, 2.45) is 0 Å². The molecule has 1 aliphatic rings.